The summed E-state index contributed by atoms with van der Waals surface area (Å²) in [5.41, 5.74) is 3.98. The van der Waals surface area contributed by atoms with Crippen LogP contribution in [0.1, 0.15) is 18.1 Å². The van der Waals surface area contributed by atoms with Crippen LogP contribution in [0.5, 0.6) is 0 Å². The zero-order valence-electron chi connectivity index (χ0n) is 15.1. The van der Waals surface area contributed by atoms with Gasteiger partial charge in [-0.15, -0.1) is 0 Å². The van der Waals surface area contributed by atoms with Crippen LogP contribution in [0.2, 0.25) is 0 Å². The number of hydrogen-bond donors (Lipinski definition) is 0. The molecule has 26 heavy (non-hydrogen) atoms. The summed E-state index contributed by atoms with van der Waals surface area (Å²) in [6.07, 6.45) is 0.936. The molecule has 0 unspecified atom stereocenters. The highest BCUT2D eigenvalue weighted by atomic mass is 16.4. The Kier molecular flexibility index (Phi) is 4.76. The molecular weight excluding hydrogens is 324 g/mol. The molecule has 0 N–H and O–H groups in total. The lowest BCUT2D eigenvalue weighted by molar-refractivity contribution is 0.250. The van der Waals surface area contributed by atoms with Gasteiger partial charge in [0.05, 0.1) is 0 Å². The number of para-hydroxylation sites is 1. The van der Waals surface area contributed by atoms with E-state index in [1.807, 2.05) is 6.07 Å². The monoisotopic (exact) mass is 348 g/mol. The van der Waals surface area contributed by atoms with Gasteiger partial charge in [-0.2, -0.15) is 0 Å². The average molecular weight is 348 g/mol. The first-order valence-corrected chi connectivity index (χ1v) is 9.31. The lowest BCUT2D eigenvalue weighted by atomic mass is 10.1. The Morgan fingerprint density at radius 2 is 1.73 bits per heavy atom. The third-order valence-corrected chi connectivity index (χ3v) is 5.19. The fraction of sp³-hybridized carbons (Fsp3) is 0.318. The number of rotatable bonds is 4. The van der Waals surface area contributed by atoms with Crippen molar-refractivity contribution in [2.45, 2.75) is 19.9 Å². The van der Waals surface area contributed by atoms with E-state index in [0.717, 1.165) is 50.1 Å². The van der Waals surface area contributed by atoms with Gasteiger partial charge in [-0.05, 0) is 35.7 Å². The number of hydrogen-bond acceptors (Lipinski definition) is 4. The fourth-order valence-corrected chi connectivity index (χ4v) is 3.67. The minimum Gasteiger partial charge on any atom is -0.423 e. The van der Waals surface area contributed by atoms with E-state index in [1.165, 1.54) is 11.3 Å². The van der Waals surface area contributed by atoms with Crippen LogP contribution in [0.4, 0.5) is 5.69 Å². The molecule has 2 aromatic carbocycles. The van der Waals surface area contributed by atoms with Crippen LogP contribution in [-0.2, 0) is 13.0 Å². The van der Waals surface area contributed by atoms with Crippen LogP contribution in [-0.4, -0.2) is 31.1 Å². The zero-order valence-corrected chi connectivity index (χ0v) is 15.1. The summed E-state index contributed by atoms with van der Waals surface area (Å²) in [7, 11) is 0. The highest BCUT2D eigenvalue weighted by Gasteiger charge is 2.18. The Bertz CT molecular complexity index is 941. The van der Waals surface area contributed by atoms with Crippen molar-refractivity contribution in [3.05, 3.63) is 76.1 Å². The molecule has 0 saturated carbocycles. The minimum absolute atomic E-state index is 0.260. The molecule has 0 atom stereocenters. The van der Waals surface area contributed by atoms with Gasteiger partial charge in [0.2, 0.25) is 0 Å². The number of piperazine rings is 1. The van der Waals surface area contributed by atoms with Crippen LogP contribution < -0.4 is 10.5 Å². The molecule has 2 heterocycles. The van der Waals surface area contributed by atoms with Crippen LogP contribution in [0.3, 0.4) is 0 Å². The smallest absolute Gasteiger partial charge is 0.336 e. The Balaban J connectivity index is 1.51. The first kappa shape index (κ1) is 16.9. The van der Waals surface area contributed by atoms with Gasteiger partial charge < -0.3 is 9.32 Å². The Hall–Kier alpha value is -2.59. The van der Waals surface area contributed by atoms with Crippen LogP contribution in [0, 0.1) is 0 Å². The maximum atomic E-state index is 12.0. The Morgan fingerprint density at radius 1 is 0.962 bits per heavy atom. The van der Waals surface area contributed by atoms with E-state index in [-0.39, 0.29) is 5.63 Å². The first-order valence-electron chi connectivity index (χ1n) is 9.31. The largest absolute Gasteiger partial charge is 0.423 e. The lowest BCUT2D eigenvalue weighted by Crippen LogP contribution is -2.46. The molecule has 0 amide bonds. The van der Waals surface area contributed by atoms with Crippen molar-refractivity contribution in [3.63, 3.8) is 0 Å². The van der Waals surface area contributed by atoms with E-state index >= 15 is 0 Å². The van der Waals surface area contributed by atoms with E-state index in [4.69, 9.17) is 4.42 Å². The number of benzene rings is 2. The van der Waals surface area contributed by atoms with E-state index in [1.54, 1.807) is 6.07 Å². The quantitative estimate of drug-likeness (QED) is 0.674. The molecule has 0 bridgehead atoms. The Labute approximate surface area is 153 Å². The molecule has 3 aromatic rings. The summed E-state index contributed by atoms with van der Waals surface area (Å²) in [5, 5.41) is 1.05. The maximum absolute atomic E-state index is 12.0. The molecule has 1 saturated heterocycles. The molecule has 1 aliphatic heterocycles. The summed E-state index contributed by atoms with van der Waals surface area (Å²) >= 11 is 0. The molecule has 0 radical (unpaired) electrons. The van der Waals surface area contributed by atoms with Crippen LogP contribution in [0.25, 0.3) is 11.0 Å². The van der Waals surface area contributed by atoms with Crippen LogP contribution in [0.15, 0.2) is 63.8 Å². The zero-order chi connectivity index (χ0) is 17.9. The van der Waals surface area contributed by atoms with Crippen molar-refractivity contribution in [1.82, 2.24) is 4.90 Å². The second kappa shape index (κ2) is 7.34. The molecule has 1 aliphatic rings. The first-order chi connectivity index (χ1) is 12.7. The van der Waals surface area contributed by atoms with Crippen molar-refractivity contribution in [2.75, 3.05) is 31.1 Å². The van der Waals surface area contributed by atoms with Gasteiger partial charge in [-0.1, -0.05) is 37.3 Å². The maximum Gasteiger partial charge on any atom is 0.336 e. The predicted octanol–water partition coefficient (Wildman–Crippen LogP) is 3.68. The van der Waals surface area contributed by atoms with E-state index in [9.17, 15) is 4.79 Å². The summed E-state index contributed by atoms with van der Waals surface area (Å²) in [6.45, 7) is 6.88. The molecular formula is C22H24N2O2. The lowest BCUT2D eigenvalue weighted by Gasteiger charge is -2.36. The molecule has 1 fully saturated rings. The minimum atomic E-state index is -0.260. The summed E-state index contributed by atoms with van der Waals surface area (Å²) in [5.74, 6) is 0. The number of anilines is 1. The van der Waals surface area contributed by atoms with Gasteiger partial charge in [0.15, 0.2) is 0 Å². The molecule has 4 rings (SSSR count). The van der Waals surface area contributed by atoms with Gasteiger partial charge in [-0.25, -0.2) is 4.79 Å². The van der Waals surface area contributed by atoms with E-state index < -0.39 is 0 Å². The number of aryl methyl sites for hydroxylation is 1. The highest BCUT2D eigenvalue weighted by molar-refractivity contribution is 5.80. The molecule has 1 aromatic heterocycles. The molecule has 134 valence electrons. The van der Waals surface area contributed by atoms with E-state index in [0.29, 0.717) is 5.58 Å². The molecule has 0 spiro atoms. The van der Waals surface area contributed by atoms with Crippen molar-refractivity contribution < 1.29 is 4.42 Å². The van der Waals surface area contributed by atoms with Crippen molar-refractivity contribution in [1.29, 1.82) is 0 Å². The van der Waals surface area contributed by atoms with Gasteiger partial charge in [-0.3, -0.25) is 4.90 Å². The molecule has 0 aliphatic carbocycles. The van der Waals surface area contributed by atoms with Crippen molar-refractivity contribution in [3.8, 4) is 0 Å². The van der Waals surface area contributed by atoms with Gasteiger partial charge in [0.1, 0.15) is 5.58 Å². The second-order valence-corrected chi connectivity index (χ2v) is 6.87. The fourth-order valence-electron chi connectivity index (χ4n) is 3.67. The third-order valence-electron chi connectivity index (χ3n) is 5.19. The summed E-state index contributed by atoms with van der Waals surface area (Å²) in [6, 6.07) is 18.4. The molecule has 4 heteroatoms. The topological polar surface area (TPSA) is 36.7 Å². The normalized spacial score (nSPS) is 15.5. The summed E-state index contributed by atoms with van der Waals surface area (Å²) < 4.78 is 5.43. The average Bonchev–Trinajstić information content (AvgIpc) is 2.68. The van der Waals surface area contributed by atoms with Gasteiger partial charge in [0, 0.05) is 49.9 Å². The number of nitrogens with zero attached hydrogens (tertiary/aromatic N) is 2. The van der Waals surface area contributed by atoms with Gasteiger partial charge in [0.25, 0.3) is 0 Å². The van der Waals surface area contributed by atoms with Crippen LogP contribution >= 0.6 is 0 Å². The number of fused-ring (bicyclic) bond motifs is 1. The van der Waals surface area contributed by atoms with Crippen molar-refractivity contribution >= 4 is 16.7 Å². The Morgan fingerprint density at radius 3 is 2.46 bits per heavy atom. The highest BCUT2D eigenvalue weighted by Crippen LogP contribution is 2.22. The second-order valence-electron chi connectivity index (χ2n) is 6.87. The van der Waals surface area contributed by atoms with Gasteiger partial charge >= 0.3 is 5.63 Å². The third kappa shape index (κ3) is 3.51. The summed E-state index contributed by atoms with van der Waals surface area (Å²) in [4.78, 5) is 16.8. The van der Waals surface area contributed by atoms with E-state index in [2.05, 4.69) is 59.2 Å². The SMILES string of the molecule is CCc1ccc2c(CN3CCN(c4ccccc4)CC3)cc(=O)oc2c1. The predicted molar refractivity (Wildman–Crippen MR) is 106 cm³/mol. The van der Waals surface area contributed by atoms with Crippen molar-refractivity contribution in [2.24, 2.45) is 0 Å². The standard InChI is InChI=1S/C22H24N2O2/c1-2-17-8-9-20-18(15-22(25)26-21(20)14-17)16-23-10-12-24(13-11-23)19-6-4-3-5-7-19/h3-9,14-15H,2,10-13,16H2,1H3. The molecule has 4 nitrogen and oxygen atoms in total.